The van der Waals surface area contributed by atoms with E-state index in [-0.39, 0.29) is 0 Å². The number of halogens is 1. The van der Waals surface area contributed by atoms with Gasteiger partial charge >= 0.3 is 0 Å². The topological polar surface area (TPSA) is 12.4 Å². The molecule has 0 N–H and O–H groups in total. The van der Waals surface area contributed by atoms with Gasteiger partial charge in [-0.25, -0.2) is 0 Å². The van der Waals surface area contributed by atoms with E-state index in [2.05, 4.69) is 47.8 Å². The van der Waals surface area contributed by atoms with Crippen molar-refractivity contribution in [3.8, 4) is 0 Å². The zero-order valence-electron chi connectivity index (χ0n) is 7.97. The molecule has 0 spiro atoms. The molecule has 1 aliphatic carbocycles. The number of hydrogen-bond acceptors (Lipinski definition) is 1. The molecule has 0 amide bonds. The number of aliphatic imine (C=N–C) groups is 1. The summed E-state index contributed by atoms with van der Waals surface area (Å²) in [6, 6.07) is 0. The van der Waals surface area contributed by atoms with E-state index in [1.54, 1.807) is 0 Å². The van der Waals surface area contributed by atoms with Crippen molar-refractivity contribution in [2.75, 3.05) is 0 Å². The van der Waals surface area contributed by atoms with Gasteiger partial charge in [0.15, 0.2) is 0 Å². The Morgan fingerprint density at radius 2 is 2.17 bits per heavy atom. The van der Waals surface area contributed by atoms with Crippen LogP contribution in [0.1, 0.15) is 33.6 Å². The zero-order chi connectivity index (χ0) is 9.14. The largest absolute Gasteiger partial charge is 0.261 e. The second-order valence-corrected chi connectivity index (χ2v) is 4.73. The lowest BCUT2D eigenvalue weighted by molar-refractivity contribution is 0.969. The molecule has 12 heavy (non-hydrogen) atoms. The first kappa shape index (κ1) is 9.97. The van der Waals surface area contributed by atoms with E-state index in [1.165, 1.54) is 24.3 Å². The molecule has 0 aromatic carbocycles. The molecule has 0 aromatic heterocycles. The summed E-state index contributed by atoms with van der Waals surface area (Å²) in [4.78, 5) is 4.98. The summed E-state index contributed by atoms with van der Waals surface area (Å²) in [6.45, 7) is 6.26. The van der Waals surface area contributed by atoms with Crippen LogP contribution in [0.15, 0.2) is 16.8 Å². The Morgan fingerprint density at radius 1 is 1.58 bits per heavy atom. The highest BCUT2D eigenvalue weighted by atomic mass is 79.9. The molecule has 0 saturated heterocycles. The van der Waals surface area contributed by atoms with Gasteiger partial charge in [0, 0.05) is 22.2 Å². The van der Waals surface area contributed by atoms with Gasteiger partial charge in [0.1, 0.15) is 0 Å². The van der Waals surface area contributed by atoms with Crippen LogP contribution in [-0.2, 0) is 0 Å². The van der Waals surface area contributed by atoms with Gasteiger partial charge in [0.2, 0.25) is 0 Å². The summed E-state index contributed by atoms with van der Waals surface area (Å²) >= 11 is 3.51. The third-order valence-electron chi connectivity index (χ3n) is 2.17. The fraction of sp³-hybridized carbons (Fsp3) is 0.700. The van der Waals surface area contributed by atoms with E-state index in [1.807, 2.05) is 0 Å². The van der Waals surface area contributed by atoms with Crippen molar-refractivity contribution in [3.63, 3.8) is 0 Å². The number of hydrogen-bond donors (Lipinski definition) is 0. The van der Waals surface area contributed by atoms with E-state index in [0.29, 0.717) is 4.83 Å². The average Bonchev–Trinajstić information content (AvgIpc) is 2.82. The van der Waals surface area contributed by atoms with Gasteiger partial charge in [0.05, 0.1) is 0 Å². The van der Waals surface area contributed by atoms with Crippen LogP contribution < -0.4 is 0 Å². The van der Waals surface area contributed by atoms with Gasteiger partial charge in [-0.15, -0.1) is 0 Å². The summed E-state index contributed by atoms with van der Waals surface area (Å²) in [5.74, 6) is 0.760. The van der Waals surface area contributed by atoms with Gasteiger partial charge in [0.25, 0.3) is 0 Å². The maximum absolute atomic E-state index is 4.59. The highest BCUT2D eigenvalue weighted by Gasteiger charge is 2.25. The fourth-order valence-corrected chi connectivity index (χ4v) is 1.17. The Hall–Kier alpha value is -0.110. The second-order valence-electron chi connectivity index (χ2n) is 3.36. The highest BCUT2D eigenvalue weighted by Crippen LogP contribution is 2.37. The summed E-state index contributed by atoms with van der Waals surface area (Å²) in [5, 5.41) is 0. The standard InChI is InChI=1S/C10H16BrN/c1-4-10(9-5-6-9)12-8(3)7(2)11/h4,7,9H,5-6H2,1-3H3/b10-4-,12-8-. The first-order chi connectivity index (χ1) is 5.65. The summed E-state index contributed by atoms with van der Waals surface area (Å²) in [7, 11) is 0. The molecule has 0 aliphatic heterocycles. The monoisotopic (exact) mass is 229 g/mol. The first-order valence-corrected chi connectivity index (χ1v) is 5.42. The summed E-state index contributed by atoms with van der Waals surface area (Å²) in [5.41, 5.74) is 2.45. The molecule has 0 bridgehead atoms. The molecular weight excluding hydrogens is 214 g/mol. The van der Waals surface area contributed by atoms with Crippen molar-refractivity contribution in [3.05, 3.63) is 11.8 Å². The molecule has 1 fully saturated rings. The number of alkyl halides is 1. The Kier molecular flexibility index (Phi) is 3.51. The predicted octanol–water partition coefficient (Wildman–Crippen LogP) is 3.54. The second kappa shape index (κ2) is 4.22. The Balaban J connectivity index is 2.62. The van der Waals surface area contributed by atoms with Crippen LogP contribution in [0.5, 0.6) is 0 Å². The van der Waals surface area contributed by atoms with E-state index in [9.17, 15) is 0 Å². The van der Waals surface area contributed by atoms with Gasteiger partial charge in [-0.1, -0.05) is 22.0 Å². The maximum Gasteiger partial charge on any atom is 0.0498 e. The van der Waals surface area contributed by atoms with Crippen molar-refractivity contribution in [1.29, 1.82) is 0 Å². The Bertz CT molecular complexity index is 212. The normalized spacial score (nSPS) is 22.7. The average molecular weight is 230 g/mol. The molecular formula is C10H16BrN. The first-order valence-electron chi connectivity index (χ1n) is 4.50. The van der Waals surface area contributed by atoms with E-state index in [0.717, 1.165) is 5.92 Å². The minimum atomic E-state index is 0.395. The van der Waals surface area contributed by atoms with Crippen LogP contribution in [0.25, 0.3) is 0 Å². The molecule has 0 aromatic rings. The molecule has 1 aliphatic rings. The number of allylic oxidation sites excluding steroid dienone is 2. The quantitative estimate of drug-likeness (QED) is 0.519. The van der Waals surface area contributed by atoms with Gasteiger partial charge in [-0.05, 0) is 33.6 Å². The van der Waals surface area contributed by atoms with Gasteiger partial charge in [-0.2, -0.15) is 0 Å². The van der Waals surface area contributed by atoms with E-state index >= 15 is 0 Å². The minimum Gasteiger partial charge on any atom is -0.261 e. The fourth-order valence-electron chi connectivity index (χ4n) is 1.06. The predicted molar refractivity (Wildman–Crippen MR) is 58.0 cm³/mol. The lowest BCUT2D eigenvalue weighted by Crippen LogP contribution is -2.05. The molecule has 1 nitrogen and oxygen atoms in total. The van der Waals surface area contributed by atoms with Crippen LogP contribution in [0.2, 0.25) is 0 Å². The smallest absolute Gasteiger partial charge is 0.0498 e. The lowest BCUT2D eigenvalue weighted by Gasteiger charge is -2.04. The van der Waals surface area contributed by atoms with Gasteiger partial charge < -0.3 is 0 Å². The number of nitrogens with zero attached hydrogens (tertiary/aromatic N) is 1. The SMILES string of the molecule is C/C=C(\N=C(\C)C(C)Br)C1CC1. The van der Waals surface area contributed by atoms with Crippen LogP contribution in [0.3, 0.4) is 0 Å². The highest BCUT2D eigenvalue weighted by molar-refractivity contribution is 9.10. The van der Waals surface area contributed by atoms with Gasteiger partial charge in [-0.3, -0.25) is 4.99 Å². The Morgan fingerprint density at radius 3 is 2.50 bits per heavy atom. The molecule has 1 atom stereocenters. The van der Waals surface area contributed by atoms with Crippen molar-refractivity contribution in [1.82, 2.24) is 0 Å². The van der Waals surface area contributed by atoms with Crippen molar-refractivity contribution >= 4 is 21.6 Å². The Labute approximate surface area is 83.1 Å². The van der Waals surface area contributed by atoms with E-state index < -0.39 is 0 Å². The maximum atomic E-state index is 4.59. The third kappa shape index (κ3) is 2.74. The summed E-state index contributed by atoms with van der Waals surface area (Å²) in [6.07, 6.45) is 4.79. The molecule has 1 unspecified atom stereocenters. The van der Waals surface area contributed by atoms with Crippen molar-refractivity contribution < 1.29 is 0 Å². The third-order valence-corrected chi connectivity index (χ3v) is 2.84. The van der Waals surface area contributed by atoms with Crippen LogP contribution in [0.4, 0.5) is 0 Å². The van der Waals surface area contributed by atoms with Crippen LogP contribution in [-0.4, -0.2) is 10.5 Å². The zero-order valence-corrected chi connectivity index (χ0v) is 9.56. The lowest BCUT2D eigenvalue weighted by atomic mass is 10.2. The molecule has 68 valence electrons. The molecule has 0 heterocycles. The van der Waals surface area contributed by atoms with E-state index in [4.69, 9.17) is 0 Å². The van der Waals surface area contributed by atoms with Crippen molar-refractivity contribution in [2.24, 2.45) is 10.9 Å². The molecule has 1 rings (SSSR count). The summed E-state index contributed by atoms with van der Waals surface area (Å²) < 4.78 is 0. The van der Waals surface area contributed by atoms with Crippen molar-refractivity contribution in [2.45, 2.75) is 38.4 Å². The molecule has 2 heteroatoms. The molecule has 1 saturated carbocycles. The number of rotatable bonds is 3. The molecule has 0 radical (unpaired) electrons. The minimum absolute atomic E-state index is 0.395. The van der Waals surface area contributed by atoms with Crippen LogP contribution in [0, 0.1) is 5.92 Å². The van der Waals surface area contributed by atoms with Crippen LogP contribution >= 0.6 is 15.9 Å².